The van der Waals surface area contributed by atoms with Crippen molar-refractivity contribution in [1.82, 2.24) is 19.8 Å². The van der Waals surface area contributed by atoms with E-state index < -0.39 is 0 Å². The van der Waals surface area contributed by atoms with Crippen molar-refractivity contribution >= 4 is 43.8 Å². The summed E-state index contributed by atoms with van der Waals surface area (Å²) in [6.45, 7) is 3.80. The van der Waals surface area contributed by atoms with Gasteiger partial charge in [-0.2, -0.15) is 9.61 Å². The maximum Gasteiger partial charge on any atom is 0.291 e. The molecule has 0 radical (unpaired) electrons. The molecule has 154 valence electrons. The maximum absolute atomic E-state index is 12.8. The molecular formula is C22H16BrN5O2S. The van der Waals surface area contributed by atoms with Crippen LogP contribution in [0.2, 0.25) is 0 Å². The molecule has 0 aliphatic rings. The van der Waals surface area contributed by atoms with Crippen molar-refractivity contribution in [3.8, 4) is 21.9 Å². The Balaban J connectivity index is 1.40. The molecule has 3 aromatic heterocycles. The van der Waals surface area contributed by atoms with E-state index in [1.54, 1.807) is 16.6 Å². The topological polar surface area (TPSA) is 85.3 Å². The van der Waals surface area contributed by atoms with Gasteiger partial charge in [0.05, 0.1) is 0 Å². The zero-order valence-corrected chi connectivity index (χ0v) is 19.0. The number of benzene rings is 2. The van der Waals surface area contributed by atoms with Crippen molar-refractivity contribution in [2.24, 2.45) is 0 Å². The van der Waals surface area contributed by atoms with Crippen LogP contribution in [-0.4, -0.2) is 25.7 Å². The van der Waals surface area contributed by atoms with Crippen LogP contribution >= 0.6 is 27.3 Å². The molecule has 0 bridgehead atoms. The number of furan rings is 1. The van der Waals surface area contributed by atoms with Crippen LogP contribution in [0.5, 0.6) is 0 Å². The van der Waals surface area contributed by atoms with Gasteiger partial charge in [0.1, 0.15) is 10.8 Å². The van der Waals surface area contributed by atoms with Gasteiger partial charge in [-0.3, -0.25) is 4.79 Å². The number of rotatable bonds is 4. The van der Waals surface area contributed by atoms with Gasteiger partial charge in [0, 0.05) is 21.3 Å². The van der Waals surface area contributed by atoms with E-state index in [-0.39, 0.29) is 11.7 Å². The fourth-order valence-corrected chi connectivity index (χ4v) is 4.28. The summed E-state index contributed by atoms with van der Waals surface area (Å²) in [5, 5.41) is 16.4. The highest BCUT2D eigenvalue weighted by atomic mass is 79.9. The second-order valence-electron chi connectivity index (χ2n) is 7.00. The third kappa shape index (κ3) is 3.77. The number of amides is 1. The summed E-state index contributed by atoms with van der Waals surface area (Å²) in [5.41, 5.74) is 3.44. The van der Waals surface area contributed by atoms with Crippen LogP contribution < -0.4 is 5.32 Å². The molecule has 0 saturated heterocycles. The van der Waals surface area contributed by atoms with Crippen LogP contribution in [0.15, 0.2) is 63.5 Å². The number of hydrogen-bond donors (Lipinski definition) is 1. The lowest BCUT2D eigenvalue weighted by Crippen LogP contribution is -2.11. The first-order valence-corrected chi connectivity index (χ1v) is 11.1. The van der Waals surface area contributed by atoms with Crippen LogP contribution in [0.1, 0.15) is 21.9 Å². The van der Waals surface area contributed by atoms with Gasteiger partial charge in [-0.15, -0.1) is 10.2 Å². The smallest absolute Gasteiger partial charge is 0.291 e. The third-order valence-electron chi connectivity index (χ3n) is 4.84. The van der Waals surface area contributed by atoms with Crippen LogP contribution in [0.3, 0.4) is 0 Å². The van der Waals surface area contributed by atoms with Gasteiger partial charge in [-0.25, -0.2) is 0 Å². The number of nitrogens with zero attached hydrogens (tertiary/aromatic N) is 4. The summed E-state index contributed by atoms with van der Waals surface area (Å²) in [7, 11) is 0. The second kappa shape index (κ2) is 7.75. The average molecular weight is 494 g/mol. The first kappa shape index (κ1) is 19.7. The lowest BCUT2D eigenvalue weighted by atomic mass is 10.1. The van der Waals surface area contributed by atoms with Crippen molar-refractivity contribution in [3.05, 3.63) is 76.2 Å². The molecule has 2 aromatic carbocycles. The quantitative estimate of drug-likeness (QED) is 0.344. The highest BCUT2D eigenvalue weighted by molar-refractivity contribution is 9.10. The Morgan fingerprint density at radius 2 is 1.81 bits per heavy atom. The van der Waals surface area contributed by atoms with Crippen molar-refractivity contribution in [2.45, 2.75) is 13.8 Å². The van der Waals surface area contributed by atoms with Crippen molar-refractivity contribution < 1.29 is 9.21 Å². The summed E-state index contributed by atoms with van der Waals surface area (Å²) >= 11 is 4.86. The number of carbonyl (C=O) groups is 1. The fourth-order valence-electron chi connectivity index (χ4n) is 3.13. The highest BCUT2D eigenvalue weighted by Crippen LogP contribution is 2.30. The number of aryl methyl sites for hydroxylation is 2. The number of hydrogen-bond acceptors (Lipinski definition) is 6. The van der Waals surface area contributed by atoms with E-state index in [9.17, 15) is 4.79 Å². The lowest BCUT2D eigenvalue weighted by Gasteiger charge is -2.08. The van der Waals surface area contributed by atoms with Gasteiger partial charge >= 0.3 is 0 Å². The van der Waals surface area contributed by atoms with Crippen LogP contribution in [0.4, 0.5) is 5.69 Å². The summed E-state index contributed by atoms with van der Waals surface area (Å²) < 4.78 is 8.48. The Labute approximate surface area is 189 Å². The number of aromatic nitrogens is 4. The fraction of sp³-hybridized carbons (Fsp3) is 0.0909. The monoisotopic (exact) mass is 493 g/mol. The molecule has 1 amide bonds. The first-order valence-electron chi connectivity index (χ1n) is 9.45. The Morgan fingerprint density at radius 3 is 2.58 bits per heavy atom. The van der Waals surface area contributed by atoms with Crippen molar-refractivity contribution in [1.29, 1.82) is 0 Å². The predicted octanol–water partition coefficient (Wildman–Crippen LogP) is 5.74. The molecule has 5 rings (SSSR count). The number of halogens is 1. The summed E-state index contributed by atoms with van der Waals surface area (Å²) in [5.74, 6) is 1.31. The highest BCUT2D eigenvalue weighted by Gasteiger charge is 2.16. The molecule has 0 atom stereocenters. The molecule has 7 nitrogen and oxygen atoms in total. The molecule has 9 heteroatoms. The van der Waals surface area contributed by atoms with E-state index in [4.69, 9.17) is 4.42 Å². The number of anilines is 1. The number of fused-ring (bicyclic) bond motifs is 1. The zero-order chi connectivity index (χ0) is 21.5. The summed E-state index contributed by atoms with van der Waals surface area (Å²) in [6.07, 6.45) is 0. The molecule has 0 spiro atoms. The lowest BCUT2D eigenvalue weighted by molar-refractivity contribution is 0.0997. The third-order valence-corrected chi connectivity index (χ3v) is 6.31. The molecule has 0 unspecified atom stereocenters. The number of nitrogens with one attached hydrogen (secondary N) is 1. The van der Waals surface area contributed by atoms with Gasteiger partial charge < -0.3 is 9.73 Å². The van der Waals surface area contributed by atoms with Crippen LogP contribution in [0, 0.1) is 13.8 Å². The van der Waals surface area contributed by atoms with E-state index in [1.165, 1.54) is 11.3 Å². The van der Waals surface area contributed by atoms with E-state index in [0.29, 0.717) is 11.4 Å². The van der Waals surface area contributed by atoms with E-state index in [0.717, 1.165) is 37.0 Å². The van der Waals surface area contributed by atoms with E-state index >= 15 is 0 Å². The maximum atomic E-state index is 12.8. The largest absolute Gasteiger partial charge is 0.451 e. The minimum absolute atomic E-state index is 0.247. The first-order chi connectivity index (χ1) is 15.0. The van der Waals surface area contributed by atoms with E-state index in [2.05, 4.69) is 36.5 Å². The summed E-state index contributed by atoms with van der Waals surface area (Å²) in [6, 6.07) is 17.0. The standard InChI is InChI=1S/C22H16BrN5O2S/c1-12-3-4-15(21-27-28-13(2)25-26-22(28)31-21)11-17(12)24-20(29)19-10-9-18(30-19)14-5-7-16(23)8-6-14/h3-11H,1-2H3,(H,24,29). The van der Waals surface area contributed by atoms with E-state index in [1.807, 2.05) is 56.3 Å². The van der Waals surface area contributed by atoms with Crippen molar-refractivity contribution in [3.63, 3.8) is 0 Å². The minimum Gasteiger partial charge on any atom is -0.451 e. The van der Waals surface area contributed by atoms with Crippen LogP contribution in [0.25, 0.3) is 26.9 Å². The van der Waals surface area contributed by atoms with Gasteiger partial charge in [-0.05, 0) is 49.7 Å². The molecule has 31 heavy (non-hydrogen) atoms. The Hall–Kier alpha value is -3.30. The minimum atomic E-state index is -0.308. The SMILES string of the molecule is Cc1ccc(-c2nn3c(C)nnc3s2)cc1NC(=O)c1ccc(-c2ccc(Br)cc2)o1. The second-order valence-corrected chi connectivity index (χ2v) is 8.88. The molecule has 3 heterocycles. The summed E-state index contributed by atoms with van der Waals surface area (Å²) in [4.78, 5) is 13.5. The normalized spacial score (nSPS) is 11.2. The van der Waals surface area contributed by atoms with Gasteiger partial charge in [0.2, 0.25) is 4.96 Å². The molecule has 0 aliphatic heterocycles. The molecule has 1 N–H and O–H groups in total. The molecular weight excluding hydrogens is 478 g/mol. The van der Waals surface area contributed by atoms with Gasteiger partial charge in [-0.1, -0.05) is 51.5 Å². The Morgan fingerprint density at radius 1 is 1.03 bits per heavy atom. The molecule has 0 fully saturated rings. The predicted molar refractivity (Wildman–Crippen MR) is 123 cm³/mol. The number of carbonyl (C=O) groups excluding carboxylic acids is 1. The zero-order valence-electron chi connectivity index (χ0n) is 16.6. The molecule has 5 aromatic rings. The molecule has 0 aliphatic carbocycles. The Bertz CT molecular complexity index is 1420. The van der Waals surface area contributed by atoms with Crippen molar-refractivity contribution in [2.75, 3.05) is 5.32 Å². The Kier molecular flexibility index (Phi) is 4.91. The molecule has 0 saturated carbocycles. The van der Waals surface area contributed by atoms with Crippen LogP contribution in [-0.2, 0) is 0 Å². The van der Waals surface area contributed by atoms with Gasteiger partial charge in [0.25, 0.3) is 5.91 Å². The average Bonchev–Trinajstić information content (AvgIpc) is 3.48. The van der Waals surface area contributed by atoms with Gasteiger partial charge in [0.15, 0.2) is 11.6 Å².